The van der Waals surface area contributed by atoms with E-state index in [1.54, 1.807) is 18.3 Å². The molecule has 1 N–H and O–H groups in total. The van der Waals surface area contributed by atoms with Crippen molar-refractivity contribution in [3.8, 4) is 5.88 Å². The van der Waals surface area contributed by atoms with E-state index in [2.05, 4.69) is 28.5 Å². The van der Waals surface area contributed by atoms with Crippen LogP contribution < -0.4 is 10.1 Å². The van der Waals surface area contributed by atoms with Crippen LogP contribution in [-0.2, 0) is 0 Å². The fourth-order valence-electron chi connectivity index (χ4n) is 3.30. The van der Waals surface area contributed by atoms with Crippen LogP contribution in [0.15, 0.2) is 42.1 Å². The number of rotatable bonds is 6. The minimum absolute atomic E-state index is 0.0346. The zero-order chi connectivity index (χ0) is 16.6. The fourth-order valence-corrected chi connectivity index (χ4v) is 3.30. The van der Waals surface area contributed by atoms with Gasteiger partial charge in [-0.2, -0.15) is 0 Å². The summed E-state index contributed by atoms with van der Waals surface area (Å²) in [6.07, 6.45) is 16.4. The van der Waals surface area contributed by atoms with Crippen molar-refractivity contribution in [2.45, 2.75) is 44.9 Å². The monoisotopic (exact) mass is 326 g/mol. The molecule has 2 aliphatic rings. The van der Waals surface area contributed by atoms with Crippen molar-refractivity contribution in [3.63, 3.8) is 0 Å². The lowest BCUT2D eigenvalue weighted by atomic mass is 9.89. The number of ether oxygens (including phenoxy) is 1. The lowest BCUT2D eigenvalue weighted by Gasteiger charge is -2.21. The Kier molecular flexibility index (Phi) is 6.05. The Balaban J connectivity index is 1.50. The molecule has 0 bridgehead atoms. The summed E-state index contributed by atoms with van der Waals surface area (Å²) in [4.78, 5) is 16.5. The van der Waals surface area contributed by atoms with Gasteiger partial charge in [-0.15, -0.1) is 0 Å². The van der Waals surface area contributed by atoms with Crippen molar-refractivity contribution >= 4 is 5.91 Å². The molecule has 0 aliphatic heterocycles. The van der Waals surface area contributed by atoms with E-state index < -0.39 is 0 Å². The Labute approximate surface area is 144 Å². The molecule has 2 aliphatic carbocycles. The number of hydrogen-bond donors (Lipinski definition) is 1. The van der Waals surface area contributed by atoms with Crippen LogP contribution in [0, 0.1) is 5.92 Å². The van der Waals surface area contributed by atoms with Gasteiger partial charge in [0.25, 0.3) is 5.91 Å². The molecule has 1 aromatic heterocycles. The Hall–Kier alpha value is -2.10. The van der Waals surface area contributed by atoms with E-state index in [0.29, 0.717) is 24.0 Å². The standard InChI is InChI=1S/C20H26N2O2/c23-20(22-14-16-7-3-1-4-8-16)18-11-12-21-19(13-18)24-15-17-9-5-2-6-10-17/h2,5,9,11-13,16H,1,3-4,6-8,10,14-15H2,(H,22,23). The van der Waals surface area contributed by atoms with Gasteiger partial charge in [-0.25, -0.2) is 4.98 Å². The van der Waals surface area contributed by atoms with Crippen LogP contribution in [0.2, 0.25) is 0 Å². The summed E-state index contributed by atoms with van der Waals surface area (Å²) < 4.78 is 5.74. The number of carbonyl (C=O) groups excluding carboxylic acids is 1. The van der Waals surface area contributed by atoms with Gasteiger partial charge in [0, 0.05) is 24.4 Å². The Morgan fingerprint density at radius 3 is 2.96 bits per heavy atom. The van der Waals surface area contributed by atoms with Crippen LogP contribution in [0.4, 0.5) is 0 Å². The predicted molar refractivity (Wildman–Crippen MR) is 95.1 cm³/mol. The van der Waals surface area contributed by atoms with E-state index in [1.807, 2.05) is 0 Å². The third-order valence-corrected chi connectivity index (χ3v) is 4.78. The minimum Gasteiger partial charge on any atom is -0.473 e. The maximum atomic E-state index is 12.3. The van der Waals surface area contributed by atoms with Gasteiger partial charge in [0.1, 0.15) is 6.61 Å². The highest BCUT2D eigenvalue weighted by molar-refractivity contribution is 5.94. The second-order valence-corrected chi connectivity index (χ2v) is 6.68. The molecular weight excluding hydrogens is 300 g/mol. The van der Waals surface area contributed by atoms with E-state index in [4.69, 9.17) is 4.74 Å². The van der Waals surface area contributed by atoms with Gasteiger partial charge in [-0.05, 0) is 43.2 Å². The van der Waals surface area contributed by atoms with Crippen LogP contribution in [0.3, 0.4) is 0 Å². The molecule has 0 radical (unpaired) electrons. The van der Waals surface area contributed by atoms with Gasteiger partial charge < -0.3 is 10.1 Å². The van der Waals surface area contributed by atoms with Crippen molar-refractivity contribution in [2.24, 2.45) is 5.92 Å². The summed E-state index contributed by atoms with van der Waals surface area (Å²) in [5, 5.41) is 3.06. The summed E-state index contributed by atoms with van der Waals surface area (Å²) in [5.41, 5.74) is 1.87. The van der Waals surface area contributed by atoms with Crippen molar-refractivity contribution in [3.05, 3.63) is 47.7 Å². The van der Waals surface area contributed by atoms with Crippen molar-refractivity contribution < 1.29 is 9.53 Å². The maximum Gasteiger partial charge on any atom is 0.251 e. The second kappa shape index (κ2) is 8.67. The predicted octanol–water partition coefficient (Wildman–Crippen LogP) is 4.05. The first-order valence-corrected chi connectivity index (χ1v) is 9.03. The molecule has 1 heterocycles. The largest absolute Gasteiger partial charge is 0.473 e. The SMILES string of the molecule is O=C(NCC1CCCCC1)c1ccnc(OCC2=CC=CCC2)c1. The molecule has 0 saturated heterocycles. The highest BCUT2D eigenvalue weighted by atomic mass is 16.5. The molecule has 0 aromatic carbocycles. The number of allylic oxidation sites excluding steroid dienone is 3. The minimum atomic E-state index is -0.0346. The van der Waals surface area contributed by atoms with E-state index >= 15 is 0 Å². The first-order valence-electron chi connectivity index (χ1n) is 9.03. The van der Waals surface area contributed by atoms with Crippen LogP contribution in [0.25, 0.3) is 0 Å². The molecule has 128 valence electrons. The smallest absolute Gasteiger partial charge is 0.251 e. The van der Waals surface area contributed by atoms with Gasteiger partial charge >= 0.3 is 0 Å². The average Bonchev–Trinajstić information content (AvgIpc) is 2.66. The molecule has 1 amide bonds. The first kappa shape index (κ1) is 16.7. The lowest BCUT2D eigenvalue weighted by molar-refractivity contribution is 0.0943. The number of hydrogen-bond acceptors (Lipinski definition) is 3. The topological polar surface area (TPSA) is 51.2 Å². The van der Waals surface area contributed by atoms with Crippen molar-refractivity contribution in [1.29, 1.82) is 0 Å². The molecule has 24 heavy (non-hydrogen) atoms. The summed E-state index contributed by atoms with van der Waals surface area (Å²) >= 11 is 0. The number of aromatic nitrogens is 1. The molecule has 3 rings (SSSR count). The Morgan fingerprint density at radius 2 is 2.17 bits per heavy atom. The Bertz CT molecular complexity index is 616. The molecule has 4 nitrogen and oxygen atoms in total. The fraction of sp³-hybridized carbons (Fsp3) is 0.500. The van der Waals surface area contributed by atoms with Gasteiger partial charge in [0.15, 0.2) is 0 Å². The maximum absolute atomic E-state index is 12.3. The van der Waals surface area contributed by atoms with Crippen molar-refractivity contribution in [1.82, 2.24) is 10.3 Å². The number of pyridine rings is 1. The van der Waals surface area contributed by atoms with Gasteiger partial charge in [-0.1, -0.05) is 37.5 Å². The summed E-state index contributed by atoms with van der Waals surface area (Å²) in [6, 6.07) is 3.47. The summed E-state index contributed by atoms with van der Waals surface area (Å²) in [7, 11) is 0. The number of nitrogens with one attached hydrogen (secondary N) is 1. The third-order valence-electron chi connectivity index (χ3n) is 4.78. The van der Waals surface area contributed by atoms with Crippen molar-refractivity contribution in [2.75, 3.05) is 13.2 Å². The van der Waals surface area contributed by atoms with Crippen LogP contribution in [0.5, 0.6) is 5.88 Å². The quantitative estimate of drug-likeness (QED) is 0.858. The van der Waals surface area contributed by atoms with Crippen LogP contribution in [0.1, 0.15) is 55.3 Å². The van der Waals surface area contributed by atoms with Gasteiger partial charge in [0.2, 0.25) is 5.88 Å². The Morgan fingerprint density at radius 1 is 1.29 bits per heavy atom. The summed E-state index contributed by atoms with van der Waals surface area (Å²) in [5.74, 6) is 1.11. The molecule has 0 spiro atoms. The van der Waals surface area contributed by atoms with Crippen LogP contribution >= 0.6 is 0 Å². The van der Waals surface area contributed by atoms with E-state index in [1.165, 1.54) is 37.7 Å². The average molecular weight is 326 g/mol. The normalized spacial score (nSPS) is 18.1. The molecule has 4 heteroatoms. The summed E-state index contributed by atoms with van der Waals surface area (Å²) in [6.45, 7) is 1.31. The number of amides is 1. The third kappa shape index (κ3) is 4.95. The van der Waals surface area contributed by atoms with Gasteiger partial charge in [0.05, 0.1) is 0 Å². The molecule has 1 aromatic rings. The van der Waals surface area contributed by atoms with E-state index in [9.17, 15) is 4.79 Å². The molecule has 1 fully saturated rings. The molecule has 0 atom stereocenters. The zero-order valence-corrected chi connectivity index (χ0v) is 14.2. The highest BCUT2D eigenvalue weighted by Gasteiger charge is 2.15. The number of nitrogens with zero attached hydrogens (tertiary/aromatic N) is 1. The lowest BCUT2D eigenvalue weighted by Crippen LogP contribution is -2.30. The van der Waals surface area contributed by atoms with Crippen LogP contribution in [-0.4, -0.2) is 24.0 Å². The molecular formula is C20H26N2O2. The molecule has 1 saturated carbocycles. The molecule has 0 unspecified atom stereocenters. The highest BCUT2D eigenvalue weighted by Crippen LogP contribution is 2.23. The number of carbonyl (C=O) groups is 1. The van der Waals surface area contributed by atoms with E-state index in [-0.39, 0.29) is 5.91 Å². The van der Waals surface area contributed by atoms with E-state index in [0.717, 1.165) is 19.4 Å². The zero-order valence-electron chi connectivity index (χ0n) is 14.2. The second-order valence-electron chi connectivity index (χ2n) is 6.68. The first-order chi connectivity index (χ1) is 11.8. The van der Waals surface area contributed by atoms with Gasteiger partial charge in [-0.3, -0.25) is 4.79 Å².